The number of aromatic hydroxyl groups is 1. The molecule has 0 aliphatic rings. The van der Waals surface area contributed by atoms with Crippen LogP contribution in [0.5, 0.6) is 11.5 Å². The zero-order chi connectivity index (χ0) is 15.1. The normalized spacial score (nSPS) is 12.0. The van der Waals surface area contributed by atoms with Gasteiger partial charge in [-0.2, -0.15) is 0 Å². The molecule has 1 atom stereocenters. The van der Waals surface area contributed by atoms with Gasteiger partial charge >= 0.3 is 0 Å². The number of phenols is 1. The Morgan fingerprint density at radius 1 is 1.40 bits per heavy atom. The molecule has 1 aromatic rings. The van der Waals surface area contributed by atoms with Crippen molar-refractivity contribution in [1.29, 1.82) is 0 Å². The Kier molecular flexibility index (Phi) is 6.31. The third-order valence-corrected chi connectivity index (χ3v) is 3.34. The van der Waals surface area contributed by atoms with E-state index in [1.165, 1.54) is 0 Å². The molecular formula is C15H24N2O3. The second-order valence-corrected chi connectivity index (χ2v) is 4.61. The fourth-order valence-corrected chi connectivity index (χ4v) is 1.98. The standard InChI is InChI=1S/C15H24N2O3/c1-5-17(6-2)15(19)11(3)16-10-12-7-8-13(20-4)9-14(12)18/h7-9,11,16,18H,5-6,10H2,1-4H3. The Hall–Kier alpha value is -1.75. The van der Waals surface area contributed by atoms with Crippen molar-refractivity contribution < 1.29 is 14.6 Å². The van der Waals surface area contributed by atoms with Crippen molar-refractivity contribution in [3.05, 3.63) is 23.8 Å². The van der Waals surface area contributed by atoms with E-state index < -0.39 is 0 Å². The number of methoxy groups -OCH3 is 1. The molecule has 5 heteroatoms. The number of hydrogen-bond donors (Lipinski definition) is 2. The maximum atomic E-state index is 12.1. The predicted octanol–water partition coefficient (Wildman–Crippen LogP) is 1.75. The molecule has 1 amide bonds. The third kappa shape index (κ3) is 4.13. The van der Waals surface area contributed by atoms with E-state index in [4.69, 9.17) is 4.74 Å². The molecule has 0 saturated heterocycles. The maximum absolute atomic E-state index is 12.1. The molecule has 1 aromatic carbocycles. The van der Waals surface area contributed by atoms with Crippen molar-refractivity contribution in [2.75, 3.05) is 20.2 Å². The predicted molar refractivity (Wildman–Crippen MR) is 78.9 cm³/mol. The van der Waals surface area contributed by atoms with Gasteiger partial charge in [-0.15, -0.1) is 0 Å². The van der Waals surface area contributed by atoms with Crippen LogP contribution in [0, 0.1) is 0 Å². The summed E-state index contributed by atoms with van der Waals surface area (Å²) >= 11 is 0. The van der Waals surface area contributed by atoms with E-state index >= 15 is 0 Å². The first-order chi connectivity index (χ1) is 9.53. The Morgan fingerprint density at radius 2 is 2.05 bits per heavy atom. The van der Waals surface area contributed by atoms with Gasteiger partial charge in [0.25, 0.3) is 0 Å². The molecule has 2 N–H and O–H groups in total. The monoisotopic (exact) mass is 280 g/mol. The van der Waals surface area contributed by atoms with Crippen LogP contribution >= 0.6 is 0 Å². The van der Waals surface area contributed by atoms with E-state index in [2.05, 4.69) is 5.32 Å². The van der Waals surface area contributed by atoms with Crippen molar-refractivity contribution in [2.45, 2.75) is 33.4 Å². The van der Waals surface area contributed by atoms with Crippen molar-refractivity contribution in [3.8, 4) is 11.5 Å². The van der Waals surface area contributed by atoms with Gasteiger partial charge in [0.1, 0.15) is 11.5 Å². The molecule has 0 bridgehead atoms. The Balaban J connectivity index is 2.60. The first-order valence-electron chi connectivity index (χ1n) is 6.91. The summed E-state index contributed by atoms with van der Waals surface area (Å²) in [7, 11) is 1.55. The van der Waals surface area contributed by atoms with Crippen molar-refractivity contribution in [2.24, 2.45) is 0 Å². The molecule has 0 fully saturated rings. The van der Waals surface area contributed by atoms with E-state index in [-0.39, 0.29) is 17.7 Å². The van der Waals surface area contributed by atoms with E-state index in [0.717, 1.165) is 5.56 Å². The zero-order valence-corrected chi connectivity index (χ0v) is 12.6. The van der Waals surface area contributed by atoms with Crippen LogP contribution in [-0.4, -0.2) is 42.2 Å². The molecule has 112 valence electrons. The first-order valence-corrected chi connectivity index (χ1v) is 6.91. The molecule has 1 unspecified atom stereocenters. The maximum Gasteiger partial charge on any atom is 0.239 e. The van der Waals surface area contributed by atoms with Gasteiger partial charge in [0.2, 0.25) is 5.91 Å². The van der Waals surface area contributed by atoms with Crippen LogP contribution < -0.4 is 10.1 Å². The summed E-state index contributed by atoms with van der Waals surface area (Å²) in [5, 5.41) is 13.0. The molecule has 0 spiro atoms. The molecule has 0 aliphatic carbocycles. The molecule has 5 nitrogen and oxygen atoms in total. The number of carbonyl (C=O) groups excluding carboxylic acids is 1. The molecule has 20 heavy (non-hydrogen) atoms. The van der Waals surface area contributed by atoms with Crippen molar-refractivity contribution in [3.63, 3.8) is 0 Å². The highest BCUT2D eigenvalue weighted by atomic mass is 16.5. The summed E-state index contributed by atoms with van der Waals surface area (Å²) in [6.07, 6.45) is 0. The lowest BCUT2D eigenvalue weighted by Crippen LogP contribution is -2.44. The Bertz CT molecular complexity index is 445. The molecule has 0 radical (unpaired) electrons. The van der Waals surface area contributed by atoms with Crippen LogP contribution in [0.1, 0.15) is 26.3 Å². The zero-order valence-electron chi connectivity index (χ0n) is 12.6. The average molecular weight is 280 g/mol. The number of amides is 1. The summed E-state index contributed by atoms with van der Waals surface area (Å²) in [4.78, 5) is 13.9. The summed E-state index contributed by atoms with van der Waals surface area (Å²) in [6.45, 7) is 7.60. The summed E-state index contributed by atoms with van der Waals surface area (Å²) in [5.74, 6) is 0.848. The number of nitrogens with one attached hydrogen (secondary N) is 1. The summed E-state index contributed by atoms with van der Waals surface area (Å²) in [6, 6.07) is 4.86. The molecule has 0 heterocycles. The second-order valence-electron chi connectivity index (χ2n) is 4.61. The smallest absolute Gasteiger partial charge is 0.239 e. The van der Waals surface area contributed by atoms with Gasteiger partial charge in [-0.05, 0) is 26.8 Å². The lowest BCUT2D eigenvalue weighted by atomic mass is 10.1. The van der Waals surface area contributed by atoms with Crippen LogP contribution in [0.15, 0.2) is 18.2 Å². The number of phenolic OH excluding ortho intramolecular Hbond substituents is 1. The SMILES string of the molecule is CCN(CC)C(=O)C(C)NCc1ccc(OC)cc1O. The number of ether oxygens (including phenoxy) is 1. The third-order valence-electron chi connectivity index (χ3n) is 3.34. The second kappa shape index (κ2) is 7.75. The fourth-order valence-electron chi connectivity index (χ4n) is 1.98. The number of benzene rings is 1. The van der Waals surface area contributed by atoms with Crippen LogP contribution in [0.2, 0.25) is 0 Å². The lowest BCUT2D eigenvalue weighted by Gasteiger charge is -2.23. The number of nitrogens with zero attached hydrogens (tertiary/aromatic N) is 1. The minimum absolute atomic E-state index is 0.0722. The van der Waals surface area contributed by atoms with Crippen molar-refractivity contribution >= 4 is 5.91 Å². The van der Waals surface area contributed by atoms with Gasteiger partial charge in [0, 0.05) is 31.3 Å². The van der Waals surface area contributed by atoms with Crippen LogP contribution in [0.3, 0.4) is 0 Å². The van der Waals surface area contributed by atoms with Crippen LogP contribution in [0.25, 0.3) is 0 Å². The average Bonchev–Trinajstić information content (AvgIpc) is 2.46. The summed E-state index contributed by atoms with van der Waals surface area (Å²) < 4.78 is 5.03. The van der Waals surface area contributed by atoms with E-state index in [9.17, 15) is 9.90 Å². The van der Waals surface area contributed by atoms with Gasteiger partial charge < -0.3 is 20.1 Å². The summed E-state index contributed by atoms with van der Waals surface area (Å²) in [5.41, 5.74) is 0.741. The largest absolute Gasteiger partial charge is 0.507 e. The van der Waals surface area contributed by atoms with E-state index in [1.807, 2.05) is 20.8 Å². The number of hydrogen-bond acceptors (Lipinski definition) is 4. The van der Waals surface area contributed by atoms with Gasteiger partial charge in [0.15, 0.2) is 0 Å². The minimum Gasteiger partial charge on any atom is -0.507 e. The first kappa shape index (κ1) is 16.3. The van der Waals surface area contributed by atoms with Gasteiger partial charge in [-0.25, -0.2) is 0 Å². The molecule has 0 aromatic heterocycles. The van der Waals surface area contributed by atoms with E-state index in [0.29, 0.717) is 25.4 Å². The van der Waals surface area contributed by atoms with Gasteiger partial charge in [-0.1, -0.05) is 6.07 Å². The van der Waals surface area contributed by atoms with Gasteiger partial charge in [0.05, 0.1) is 13.2 Å². The number of likely N-dealkylation sites (N-methyl/N-ethyl adjacent to an activating group) is 1. The quantitative estimate of drug-likeness (QED) is 0.799. The highest BCUT2D eigenvalue weighted by Crippen LogP contribution is 2.23. The molecule has 0 aliphatic heterocycles. The highest BCUT2D eigenvalue weighted by molar-refractivity contribution is 5.81. The Morgan fingerprint density at radius 3 is 2.55 bits per heavy atom. The molecule has 1 rings (SSSR count). The van der Waals surface area contributed by atoms with E-state index in [1.54, 1.807) is 30.2 Å². The lowest BCUT2D eigenvalue weighted by molar-refractivity contribution is -0.132. The van der Waals surface area contributed by atoms with Crippen LogP contribution in [0.4, 0.5) is 0 Å². The highest BCUT2D eigenvalue weighted by Gasteiger charge is 2.17. The number of rotatable bonds is 7. The fraction of sp³-hybridized carbons (Fsp3) is 0.533. The van der Waals surface area contributed by atoms with Gasteiger partial charge in [-0.3, -0.25) is 4.79 Å². The molecular weight excluding hydrogens is 256 g/mol. The minimum atomic E-state index is -0.281. The Labute approximate surface area is 120 Å². The number of carbonyl (C=O) groups is 1. The molecule has 0 saturated carbocycles. The topological polar surface area (TPSA) is 61.8 Å². The van der Waals surface area contributed by atoms with Crippen molar-refractivity contribution in [1.82, 2.24) is 10.2 Å². The van der Waals surface area contributed by atoms with Crippen LogP contribution in [-0.2, 0) is 11.3 Å².